The molecule has 1 fully saturated rings. The van der Waals surface area contributed by atoms with E-state index >= 15 is 0 Å². The Bertz CT molecular complexity index is 1270. The lowest BCUT2D eigenvalue weighted by Crippen LogP contribution is -2.35. The first-order valence-electron chi connectivity index (χ1n) is 12.0. The average Bonchev–Trinajstić information content (AvgIpc) is 3.16. The van der Waals surface area contributed by atoms with Gasteiger partial charge in [0.15, 0.2) is 0 Å². The first-order valence-corrected chi connectivity index (χ1v) is 12.0. The Morgan fingerprint density at radius 3 is 2.28 bits per heavy atom. The van der Waals surface area contributed by atoms with Crippen LogP contribution in [0.25, 0.3) is 22.9 Å². The van der Waals surface area contributed by atoms with E-state index in [1.54, 1.807) is 5.56 Å². The molecule has 1 heteroatoms. The highest BCUT2D eigenvalue weighted by molar-refractivity contribution is 5.86. The van der Waals surface area contributed by atoms with Crippen molar-refractivity contribution in [1.82, 2.24) is 0 Å². The first-order chi connectivity index (χ1) is 15.8. The minimum atomic E-state index is 0.652. The monoisotopic (exact) mass is 415 g/mol. The lowest BCUT2D eigenvalue weighted by molar-refractivity contribution is 0.385. The Balaban J connectivity index is 1.30. The molecule has 0 radical (unpaired) electrons. The van der Waals surface area contributed by atoms with E-state index in [-0.39, 0.29) is 0 Å². The van der Waals surface area contributed by atoms with Crippen molar-refractivity contribution in [3.8, 4) is 0 Å². The van der Waals surface area contributed by atoms with Crippen molar-refractivity contribution in [3.63, 3.8) is 0 Å². The standard InChI is InChI=1S/C31H29N/c1-2-8-25(9-3-1)22-32-30-13-7-6-12-28(30)29-21-24(17-19-31(29)32)15-14-23-16-18-26-10-4-5-11-27(26)20-23/h1-5,8-11,14-21,28,30H,6-7,12-13,22H2. The van der Waals surface area contributed by atoms with Crippen LogP contribution in [0.1, 0.15) is 53.9 Å². The zero-order valence-electron chi connectivity index (χ0n) is 18.5. The maximum Gasteiger partial charge on any atom is 0.0432 e. The molecule has 158 valence electrons. The van der Waals surface area contributed by atoms with Crippen LogP contribution in [0.15, 0.2) is 91.0 Å². The second-order valence-corrected chi connectivity index (χ2v) is 9.33. The van der Waals surface area contributed by atoms with Crippen LogP contribution in [0, 0.1) is 0 Å². The Morgan fingerprint density at radius 2 is 1.41 bits per heavy atom. The van der Waals surface area contributed by atoms with Crippen molar-refractivity contribution >= 4 is 28.6 Å². The van der Waals surface area contributed by atoms with E-state index in [9.17, 15) is 0 Å². The molecular formula is C31H29N. The lowest BCUT2D eigenvalue weighted by Gasteiger charge is -2.33. The molecule has 4 aromatic carbocycles. The largest absolute Gasteiger partial charge is 0.363 e. The highest BCUT2D eigenvalue weighted by Gasteiger charge is 2.39. The topological polar surface area (TPSA) is 3.24 Å². The normalized spacial score (nSPS) is 19.9. The smallest absolute Gasteiger partial charge is 0.0432 e. The Hall–Kier alpha value is -3.32. The number of hydrogen-bond donors (Lipinski definition) is 0. The van der Waals surface area contributed by atoms with Crippen LogP contribution >= 0.6 is 0 Å². The summed E-state index contributed by atoms with van der Waals surface area (Å²) in [6, 6.07) is 34.0. The molecular weight excluding hydrogens is 386 g/mol. The SMILES string of the molecule is C(=Cc1ccc2ccccc2c1)c1ccc2c(c1)C1CCCCC1N2Cc1ccccc1. The van der Waals surface area contributed by atoms with E-state index in [0.717, 1.165) is 6.54 Å². The maximum absolute atomic E-state index is 2.69. The molecule has 1 heterocycles. The molecule has 2 aliphatic rings. The molecule has 0 N–H and O–H groups in total. The van der Waals surface area contributed by atoms with Crippen molar-refractivity contribution in [3.05, 3.63) is 113 Å². The summed E-state index contributed by atoms with van der Waals surface area (Å²) in [5.74, 6) is 0.677. The third-order valence-electron chi connectivity index (χ3n) is 7.33. The molecule has 1 nitrogen and oxygen atoms in total. The van der Waals surface area contributed by atoms with Crippen LogP contribution in [-0.2, 0) is 6.54 Å². The summed E-state index contributed by atoms with van der Waals surface area (Å²) in [6.07, 6.45) is 9.88. The van der Waals surface area contributed by atoms with E-state index in [1.807, 2.05) is 0 Å². The molecule has 1 saturated carbocycles. The number of fused-ring (bicyclic) bond motifs is 4. The van der Waals surface area contributed by atoms with Crippen LogP contribution in [0.3, 0.4) is 0 Å². The van der Waals surface area contributed by atoms with Gasteiger partial charge >= 0.3 is 0 Å². The molecule has 6 rings (SSSR count). The average molecular weight is 416 g/mol. The van der Waals surface area contributed by atoms with Crippen molar-refractivity contribution in [2.24, 2.45) is 0 Å². The molecule has 2 unspecified atom stereocenters. The molecule has 4 aromatic rings. The Kier molecular flexibility index (Phi) is 5.03. The highest BCUT2D eigenvalue weighted by atomic mass is 15.2. The summed E-state index contributed by atoms with van der Waals surface area (Å²) in [5, 5.41) is 2.59. The second kappa shape index (κ2) is 8.31. The van der Waals surface area contributed by atoms with Gasteiger partial charge in [0.2, 0.25) is 0 Å². The molecule has 2 atom stereocenters. The summed E-state index contributed by atoms with van der Waals surface area (Å²) in [6.45, 7) is 1.02. The van der Waals surface area contributed by atoms with Gasteiger partial charge in [0.05, 0.1) is 0 Å². The Morgan fingerprint density at radius 1 is 0.688 bits per heavy atom. The van der Waals surface area contributed by atoms with Gasteiger partial charge in [0.25, 0.3) is 0 Å². The number of anilines is 1. The molecule has 32 heavy (non-hydrogen) atoms. The number of hydrogen-bond acceptors (Lipinski definition) is 1. The quantitative estimate of drug-likeness (QED) is 0.305. The molecule has 0 saturated heterocycles. The zero-order valence-corrected chi connectivity index (χ0v) is 18.5. The van der Waals surface area contributed by atoms with E-state index in [4.69, 9.17) is 0 Å². The first kappa shape index (κ1) is 19.4. The van der Waals surface area contributed by atoms with E-state index in [1.165, 1.54) is 58.8 Å². The summed E-state index contributed by atoms with van der Waals surface area (Å²) >= 11 is 0. The fraction of sp³-hybridized carbons (Fsp3) is 0.226. The molecule has 0 amide bonds. The minimum absolute atomic E-state index is 0.652. The molecule has 0 spiro atoms. The fourth-order valence-electron chi connectivity index (χ4n) is 5.75. The molecule has 0 bridgehead atoms. The van der Waals surface area contributed by atoms with Gasteiger partial charge in [0.1, 0.15) is 0 Å². The number of rotatable bonds is 4. The van der Waals surface area contributed by atoms with E-state index < -0.39 is 0 Å². The predicted octanol–water partition coefficient (Wildman–Crippen LogP) is 8.06. The molecule has 0 aromatic heterocycles. The van der Waals surface area contributed by atoms with Crippen molar-refractivity contribution in [2.75, 3.05) is 4.90 Å². The third kappa shape index (κ3) is 3.62. The van der Waals surface area contributed by atoms with Gasteiger partial charge in [-0.1, -0.05) is 97.8 Å². The highest BCUT2D eigenvalue weighted by Crippen LogP contribution is 2.48. The van der Waals surface area contributed by atoms with Crippen LogP contribution in [0.5, 0.6) is 0 Å². The van der Waals surface area contributed by atoms with Gasteiger partial charge in [-0.2, -0.15) is 0 Å². The predicted molar refractivity (Wildman–Crippen MR) is 137 cm³/mol. The van der Waals surface area contributed by atoms with Crippen LogP contribution in [0.4, 0.5) is 5.69 Å². The van der Waals surface area contributed by atoms with Gasteiger partial charge in [-0.05, 0) is 64.1 Å². The fourth-order valence-corrected chi connectivity index (χ4v) is 5.75. The summed E-state index contributed by atoms with van der Waals surface area (Å²) in [4.78, 5) is 2.69. The Labute approximate surface area is 191 Å². The van der Waals surface area contributed by atoms with Crippen LogP contribution < -0.4 is 4.90 Å². The van der Waals surface area contributed by atoms with Crippen molar-refractivity contribution in [1.29, 1.82) is 0 Å². The van der Waals surface area contributed by atoms with Gasteiger partial charge < -0.3 is 4.90 Å². The molecule has 1 aliphatic carbocycles. The van der Waals surface area contributed by atoms with E-state index in [2.05, 4.69) is 108 Å². The van der Waals surface area contributed by atoms with Crippen LogP contribution in [-0.4, -0.2) is 6.04 Å². The molecule has 1 aliphatic heterocycles. The van der Waals surface area contributed by atoms with E-state index in [0.29, 0.717) is 12.0 Å². The third-order valence-corrected chi connectivity index (χ3v) is 7.33. The zero-order chi connectivity index (χ0) is 21.3. The van der Waals surface area contributed by atoms with Gasteiger partial charge in [0, 0.05) is 24.2 Å². The summed E-state index contributed by atoms with van der Waals surface area (Å²) in [7, 11) is 0. The summed E-state index contributed by atoms with van der Waals surface area (Å²) < 4.78 is 0. The van der Waals surface area contributed by atoms with Crippen molar-refractivity contribution < 1.29 is 0 Å². The lowest BCUT2D eigenvalue weighted by atomic mass is 9.82. The number of nitrogens with zero attached hydrogens (tertiary/aromatic N) is 1. The van der Waals surface area contributed by atoms with Gasteiger partial charge in [-0.15, -0.1) is 0 Å². The number of benzene rings is 4. The van der Waals surface area contributed by atoms with Gasteiger partial charge in [-0.3, -0.25) is 0 Å². The van der Waals surface area contributed by atoms with Gasteiger partial charge in [-0.25, -0.2) is 0 Å². The summed E-state index contributed by atoms with van der Waals surface area (Å²) in [5.41, 5.74) is 6.98. The van der Waals surface area contributed by atoms with Crippen molar-refractivity contribution in [2.45, 2.75) is 44.2 Å². The maximum atomic E-state index is 2.69. The second-order valence-electron chi connectivity index (χ2n) is 9.33. The van der Waals surface area contributed by atoms with Crippen LogP contribution in [0.2, 0.25) is 0 Å². The minimum Gasteiger partial charge on any atom is -0.363 e.